The van der Waals surface area contributed by atoms with Crippen molar-refractivity contribution >= 4 is 15.7 Å². The SMILES string of the molecule is COc1ccc(S(=O)(=O)N(c2cccc(OC)c2)C2CCN([C@@H]3CCCC[C@@H]3c3ccccc3)CC2)cc1. The summed E-state index contributed by atoms with van der Waals surface area (Å²) in [5, 5.41) is 0. The molecule has 0 radical (unpaired) electrons. The second-order valence-electron chi connectivity index (χ2n) is 10.3. The minimum absolute atomic E-state index is 0.135. The predicted molar refractivity (Wildman–Crippen MR) is 152 cm³/mol. The molecule has 0 amide bonds. The van der Waals surface area contributed by atoms with Crippen molar-refractivity contribution in [3.05, 3.63) is 84.4 Å². The van der Waals surface area contributed by atoms with Crippen molar-refractivity contribution in [1.29, 1.82) is 0 Å². The van der Waals surface area contributed by atoms with Crippen molar-refractivity contribution in [3.8, 4) is 11.5 Å². The fraction of sp³-hybridized carbons (Fsp3) is 0.419. The fourth-order valence-electron chi connectivity index (χ4n) is 6.24. The lowest BCUT2D eigenvalue weighted by atomic mass is 9.78. The molecule has 1 heterocycles. The maximum atomic E-state index is 14.1. The van der Waals surface area contributed by atoms with Crippen LogP contribution in [-0.2, 0) is 10.0 Å². The number of benzene rings is 3. The molecule has 2 atom stereocenters. The van der Waals surface area contributed by atoms with Crippen LogP contribution in [-0.4, -0.2) is 52.7 Å². The van der Waals surface area contributed by atoms with E-state index in [-0.39, 0.29) is 10.9 Å². The van der Waals surface area contributed by atoms with Gasteiger partial charge in [-0.25, -0.2) is 8.42 Å². The highest BCUT2D eigenvalue weighted by Gasteiger charge is 2.38. The van der Waals surface area contributed by atoms with Crippen molar-refractivity contribution in [2.75, 3.05) is 31.6 Å². The summed E-state index contributed by atoms with van der Waals surface area (Å²) in [5.74, 6) is 1.81. The van der Waals surface area contributed by atoms with Crippen molar-refractivity contribution in [3.63, 3.8) is 0 Å². The Bertz CT molecular complexity index is 1290. The number of nitrogens with zero attached hydrogens (tertiary/aromatic N) is 2. The van der Waals surface area contributed by atoms with E-state index < -0.39 is 10.0 Å². The van der Waals surface area contributed by atoms with Gasteiger partial charge < -0.3 is 9.47 Å². The van der Waals surface area contributed by atoms with Gasteiger partial charge in [0, 0.05) is 31.2 Å². The maximum Gasteiger partial charge on any atom is 0.264 e. The molecule has 202 valence electrons. The molecule has 0 bridgehead atoms. The summed E-state index contributed by atoms with van der Waals surface area (Å²) >= 11 is 0. The number of piperidine rings is 1. The monoisotopic (exact) mass is 534 g/mol. The third-order valence-electron chi connectivity index (χ3n) is 8.18. The van der Waals surface area contributed by atoms with Crippen LogP contribution in [0.3, 0.4) is 0 Å². The predicted octanol–water partition coefficient (Wildman–Crippen LogP) is 6.09. The third-order valence-corrected chi connectivity index (χ3v) is 10.1. The third kappa shape index (κ3) is 5.54. The molecule has 0 unspecified atom stereocenters. The van der Waals surface area contributed by atoms with Crippen LogP contribution in [0.1, 0.15) is 50.0 Å². The number of hydrogen-bond acceptors (Lipinski definition) is 5. The Morgan fingerprint density at radius 3 is 2.13 bits per heavy atom. The lowest BCUT2D eigenvalue weighted by molar-refractivity contribution is 0.107. The standard InChI is InChI=1S/C31H38N2O4S/c1-36-27-15-17-29(18-16-27)38(34,35)33(26-11-8-12-28(23-26)37-2)25-19-21-32(22-20-25)31-14-7-6-13-30(31)24-9-4-3-5-10-24/h3-5,8-12,15-18,23,25,30-31H,6-7,13-14,19-22H2,1-2H3/t30-,31-/m1/s1. The maximum absolute atomic E-state index is 14.1. The van der Waals surface area contributed by atoms with E-state index in [4.69, 9.17) is 9.47 Å². The van der Waals surface area contributed by atoms with Gasteiger partial charge in [-0.2, -0.15) is 0 Å². The number of likely N-dealkylation sites (tertiary alicyclic amines) is 1. The smallest absolute Gasteiger partial charge is 0.264 e. The van der Waals surface area contributed by atoms with E-state index in [1.54, 1.807) is 42.8 Å². The zero-order chi connectivity index (χ0) is 26.5. The normalized spacial score (nSPS) is 21.1. The molecule has 0 N–H and O–H groups in total. The highest BCUT2D eigenvalue weighted by atomic mass is 32.2. The molecular formula is C31H38N2O4S. The zero-order valence-corrected chi connectivity index (χ0v) is 23.1. The number of rotatable bonds is 8. The summed E-state index contributed by atoms with van der Waals surface area (Å²) in [4.78, 5) is 2.89. The highest BCUT2D eigenvalue weighted by Crippen LogP contribution is 2.39. The first-order valence-corrected chi connectivity index (χ1v) is 15.1. The molecule has 1 aliphatic heterocycles. The molecule has 2 aliphatic rings. The van der Waals surface area contributed by atoms with E-state index in [1.807, 2.05) is 24.3 Å². The van der Waals surface area contributed by atoms with E-state index in [2.05, 4.69) is 35.2 Å². The molecule has 0 spiro atoms. The molecule has 6 nitrogen and oxygen atoms in total. The minimum Gasteiger partial charge on any atom is -0.497 e. The summed E-state index contributed by atoms with van der Waals surface area (Å²) < 4.78 is 40.5. The Balaban J connectivity index is 1.40. The van der Waals surface area contributed by atoms with Crippen LogP contribution >= 0.6 is 0 Å². The number of methoxy groups -OCH3 is 2. The summed E-state index contributed by atoms with van der Waals surface area (Å²) in [6, 6.07) is 25.3. The minimum atomic E-state index is -3.80. The summed E-state index contributed by atoms with van der Waals surface area (Å²) in [7, 11) is -0.614. The van der Waals surface area contributed by atoms with Crippen LogP contribution in [0.5, 0.6) is 11.5 Å². The summed E-state index contributed by atoms with van der Waals surface area (Å²) in [6.45, 7) is 1.77. The Morgan fingerprint density at radius 1 is 0.763 bits per heavy atom. The molecule has 1 saturated carbocycles. The molecule has 7 heteroatoms. The van der Waals surface area contributed by atoms with Gasteiger partial charge in [0.05, 0.1) is 24.8 Å². The van der Waals surface area contributed by atoms with Gasteiger partial charge in [0.1, 0.15) is 11.5 Å². The molecule has 1 aliphatic carbocycles. The Morgan fingerprint density at radius 2 is 1.45 bits per heavy atom. The van der Waals surface area contributed by atoms with E-state index in [1.165, 1.54) is 31.2 Å². The first kappa shape index (κ1) is 26.6. The molecular weight excluding hydrogens is 496 g/mol. The second-order valence-corrected chi connectivity index (χ2v) is 12.1. The van der Waals surface area contributed by atoms with E-state index in [0.29, 0.717) is 29.1 Å². The van der Waals surface area contributed by atoms with Crippen LogP contribution in [0.25, 0.3) is 0 Å². The van der Waals surface area contributed by atoms with Gasteiger partial charge in [-0.3, -0.25) is 9.21 Å². The zero-order valence-electron chi connectivity index (χ0n) is 22.3. The van der Waals surface area contributed by atoms with E-state index >= 15 is 0 Å². The largest absolute Gasteiger partial charge is 0.497 e. The van der Waals surface area contributed by atoms with Crippen LogP contribution in [0.2, 0.25) is 0 Å². The van der Waals surface area contributed by atoms with Gasteiger partial charge in [0.15, 0.2) is 0 Å². The Kier molecular flexibility index (Phi) is 8.24. The molecule has 0 aromatic heterocycles. The van der Waals surface area contributed by atoms with Gasteiger partial charge in [-0.05, 0) is 73.6 Å². The number of hydrogen-bond donors (Lipinski definition) is 0. The van der Waals surface area contributed by atoms with Crippen LogP contribution in [0.4, 0.5) is 5.69 Å². The fourth-order valence-corrected chi connectivity index (χ4v) is 7.95. The quantitative estimate of drug-likeness (QED) is 0.350. The molecule has 3 aromatic carbocycles. The van der Waals surface area contributed by atoms with E-state index in [9.17, 15) is 8.42 Å². The van der Waals surface area contributed by atoms with Crippen molar-refractivity contribution < 1.29 is 17.9 Å². The topological polar surface area (TPSA) is 59.1 Å². The van der Waals surface area contributed by atoms with Crippen LogP contribution in [0.15, 0.2) is 83.8 Å². The number of anilines is 1. The molecule has 5 rings (SSSR count). The first-order valence-electron chi connectivity index (χ1n) is 13.6. The highest BCUT2D eigenvalue weighted by molar-refractivity contribution is 7.92. The molecule has 2 fully saturated rings. The van der Waals surface area contributed by atoms with Gasteiger partial charge in [0.2, 0.25) is 0 Å². The molecule has 3 aromatic rings. The molecule has 38 heavy (non-hydrogen) atoms. The average molecular weight is 535 g/mol. The first-order chi connectivity index (χ1) is 18.5. The van der Waals surface area contributed by atoms with Gasteiger partial charge in [0.25, 0.3) is 10.0 Å². The van der Waals surface area contributed by atoms with Crippen LogP contribution in [0, 0.1) is 0 Å². The van der Waals surface area contributed by atoms with Crippen molar-refractivity contribution in [2.45, 2.75) is 61.4 Å². The lowest BCUT2D eigenvalue weighted by Crippen LogP contribution is -2.51. The van der Waals surface area contributed by atoms with E-state index in [0.717, 1.165) is 25.9 Å². The Hall–Kier alpha value is -3.03. The average Bonchev–Trinajstić information content (AvgIpc) is 2.98. The van der Waals surface area contributed by atoms with Crippen molar-refractivity contribution in [1.82, 2.24) is 4.90 Å². The van der Waals surface area contributed by atoms with Gasteiger partial charge in [-0.15, -0.1) is 0 Å². The summed E-state index contributed by atoms with van der Waals surface area (Å²) in [6.07, 6.45) is 6.52. The van der Waals surface area contributed by atoms with Crippen LogP contribution < -0.4 is 13.8 Å². The van der Waals surface area contributed by atoms with Gasteiger partial charge in [-0.1, -0.05) is 49.2 Å². The number of ether oxygens (including phenoxy) is 2. The lowest BCUT2D eigenvalue weighted by Gasteiger charge is -2.45. The number of sulfonamides is 1. The summed E-state index contributed by atoms with van der Waals surface area (Å²) in [5.41, 5.74) is 2.07. The Labute approximate surface area is 227 Å². The van der Waals surface area contributed by atoms with Gasteiger partial charge >= 0.3 is 0 Å². The second kappa shape index (κ2) is 11.8. The van der Waals surface area contributed by atoms with Crippen molar-refractivity contribution in [2.24, 2.45) is 0 Å². The molecule has 1 saturated heterocycles.